The molecule has 3 nitrogen and oxygen atoms in total. The van der Waals surface area contributed by atoms with Crippen LogP contribution in [0, 0.1) is 0 Å². The number of hydrogen-bond acceptors (Lipinski definition) is 3. The molecule has 0 aliphatic heterocycles. The van der Waals surface area contributed by atoms with Crippen molar-refractivity contribution in [3.8, 4) is 0 Å². The van der Waals surface area contributed by atoms with E-state index in [4.69, 9.17) is 5.10 Å². The second-order valence-corrected chi connectivity index (χ2v) is 7.31. The highest BCUT2D eigenvalue weighted by molar-refractivity contribution is 6.13. The van der Waals surface area contributed by atoms with Crippen LogP contribution in [0.5, 0.6) is 0 Å². The molecule has 0 bridgehead atoms. The first-order valence-electron chi connectivity index (χ1n) is 9.42. The zero-order valence-electron chi connectivity index (χ0n) is 15.9. The van der Waals surface area contributed by atoms with Crippen molar-refractivity contribution in [2.24, 2.45) is 5.10 Å². The Kier molecular flexibility index (Phi) is 4.78. The van der Waals surface area contributed by atoms with Gasteiger partial charge >= 0.3 is 0 Å². The van der Waals surface area contributed by atoms with E-state index in [0.717, 1.165) is 22.5 Å². The van der Waals surface area contributed by atoms with Crippen molar-refractivity contribution in [3.05, 3.63) is 102 Å². The fourth-order valence-electron chi connectivity index (χ4n) is 3.58. The molecule has 0 heterocycles. The molecule has 0 unspecified atom stereocenters. The van der Waals surface area contributed by atoms with E-state index in [1.807, 2.05) is 36.4 Å². The highest BCUT2D eigenvalue weighted by Gasteiger charge is 2.46. The summed E-state index contributed by atoms with van der Waals surface area (Å²) in [6.45, 7) is 0. The average molecular weight is 355 g/mol. The predicted octanol–water partition coefficient (Wildman–Crippen LogP) is 5.10. The maximum absolute atomic E-state index is 4.73. The van der Waals surface area contributed by atoms with E-state index in [-0.39, 0.29) is 5.54 Å². The molecule has 3 aromatic rings. The van der Waals surface area contributed by atoms with Gasteiger partial charge in [-0.25, -0.2) is 0 Å². The van der Waals surface area contributed by atoms with E-state index in [1.165, 1.54) is 18.4 Å². The van der Waals surface area contributed by atoms with Crippen LogP contribution in [0.1, 0.15) is 29.5 Å². The van der Waals surface area contributed by atoms with E-state index in [1.54, 1.807) is 0 Å². The summed E-state index contributed by atoms with van der Waals surface area (Å²) in [7, 11) is 4.32. The predicted molar refractivity (Wildman–Crippen MR) is 113 cm³/mol. The first kappa shape index (κ1) is 17.5. The SMILES string of the molecule is CN(C)C1(c2ccc(NN=C(c3ccccc3)c3ccccc3)cc2)CC1. The molecule has 1 saturated carbocycles. The number of nitrogens with zero attached hydrogens (tertiary/aromatic N) is 2. The smallest absolute Gasteiger partial charge is 0.0977 e. The number of anilines is 1. The summed E-state index contributed by atoms with van der Waals surface area (Å²) in [6.07, 6.45) is 2.47. The highest BCUT2D eigenvalue weighted by atomic mass is 15.3. The Labute approximate surface area is 161 Å². The molecule has 1 fully saturated rings. The Morgan fingerprint density at radius 1 is 0.778 bits per heavy atom. The standard InChI is InChI=1S/C24H25N3/c1-27(2)24(17-18-24)21-13-15-22(16-14-21)25-26-23(19-9-5-3-6-10-19)20-11-7-4-8-12-20/h3-16,25H,17-18H2,1-2H3. The van der Waals surface area contributed by atoms with E-state index in [2.05, 4.69) is 73.0 Å². The van der Waals surface area contributed by atoms with Gasteiger partial charge in [-0.1, -0.05) is 72.8 Å². The van der Waals surface area contributed by atoms with E-state index in [9.17, 15) is 0 Å². The van der Waals surface area contributed by atoms with E-state index < -0.39 is 0 Å². The zero-order valence-corrected chi connectivity index (χ0v) is 15.9. The molecule has 136 valence electrons. The molecule has 0 aromatic heterocycles. The maximum Gasteiger partial charge on any atom is 0.0977 e. The molecular weight excluding hydrogens is 330 g/mol. The third-order valence-corrected chi connectivity index (χ3v) is 5.39. The molecule has 1 aliphatic carbocycles. The van der Waals surface area contributed by atoms with Crippen LogP contribution < -0.4 is 5.43 Å². The lowest BCUT2D eigenvalue weighted by Gasteiger charge is -2.24. The largest absolute Gasteiger partial charge is 0.300 e. The third kappa shape index (κ3) is 3.64. The Bertz CT molecular complexity index is 867. The van der Waals surface area contributed by atoms with Crippen molar-refractivity contribution in [2.75, 3.05) is 19.5 Å². The fourth-order valence-corrected chi connectivity index (χ4v) is 3.58. The monoisotopic (exact) mass is 355 g/mol. The third-order valence-electron chi connectivity index (χ3n) is 5.39. The molecule has 27 heavy (non-hydrogen) atoms. The summed E-state index contributed by atoms with van der Waals surface area (Å²) in [5.41, 5.74) is 8.99. The lowest BCUT2D eigenvalue weighted by atomic mass is 10.0. The van der Waals surface area contributed by atoms with Gasteiger partial charge in [0.15, 0.2) is 0 Å². The fraction of sp³-hybridized carbons (Fsp3) is 0.208. The summed E-state index contributed by atoms with van der Waals surface area (Å²) in [6, 6.07) is 29.2. The zero-order chi connectivity index (χ0) is 18.7. The van der Waals surface area contributed by atoms with Gasteiger partial charge in [-0.2, -0.15) is 5.10 Å². The molecule has 0 saturated heterocycles. The lowest BCUT2D eigenvalue weighted by molar-refractivity contribution is 0.276. The van der Waals surface area contributed by atoms with Crippen LogP contribution in [0.3, 0.4) is 0 Å². The minimum atomic E-state index is 0.237. The Morgan fingerprint density at radius 3 is 1.74 bits per heavy atom. The van der Waals surface area contributed by atoms with Crippen LogP contribution in [0.25, 0.3) is 0 Å². The van der Waals surface area contributed by atoms with Crippen molar-refractivity contribution in [2.45, 2.75) is 18.4 Å². The van der Waals surface area contributed by atoms with Gasteiger partial charge < -0.3 is 0 Å². The Hall–Kier alpha value is -2.91. The van der Waals surface area contributed by atoms with Gasteiger partial charge in [0, 0.05) is 16.7 Å². The van der Waals surface area contributed by atoms with Gasteiger partial charge in [-0.3, -0.25) is 10.3 Å². The van der Waals surface area contributed by atoms with Crippen molar-refractivity contribution >= 4 is 11.4 Å². The molecular formula is C24H25N3. The minimum absolute atomic E-state index is 0.237. The number of hydrazone groups is 1. The van der Waals surface area contributed by atoms with Gasteiger partial charge in [0.25, 0.3) is 0 Å². The number of nitrogens with one attached hydrogen (secondary N) is 1. The van der Waals surface area contributed by atoms with Crippen LogP contribution in [0.15, 0.2) is 90.0 Å². The molecule has 4 rings (SSSR count). The van der Waals surface area contributed by atoms with Gasteiger partial charge in [0.2, 0.25) is 0 Å². The minimum Gasteiger partial charge on any atom is -0.300 e. The van der Waals surface area contributed by atoms with Crippen LogP contribution in [-0.2, 0) is 5.54 Å². The molecule has 0 atom stereocenters. The second kappa shape index (κ2) is 7.37. The molecule has 0 amide bonds. The van der Waals surface area contributed by atoms with Gasteiger partial charge in [-0.15, -0.1) is 0 Å². The Morgan fingerprint density at radius 2 is 1.30 bits per heavy atom. The first-order chi connectivity index (χ1) is 13.2. The maximum atomic E-state index is 4.73. The summed E-state index contributed by atoms with van der Waals surface area (Å²) in [5.74, 6) is 0. The van der Waals surface area contributed by atoms with Crippen molar-refractivity contribution in [1.82, 2.24) is 4.90 Å². The van der Waals surface area contributed by atoms with Crippen LogP contribution in [0.2, 0.25) is 0 Å². The van der Waals surface area contributed by atoms with Crippen molar-refractivity contribution in [3.63, 3.8) is 0 Å². The summed E-state index contributed by atoms with van der Waals surface area (Å²) in [5, 5.41) is 4.73. The Balaban J connectivity index is 1.59. The molecule has 0 radical (unpaired) electrons. The van der Waals surface area contributed by atoms with E-state index in [0.29, 0.717) is 0 Å². The van der Waals surface area contributed by atoms with Crippen molar-refractivity contribution in [1.29, 1.82) is 0 Å². The van der Waals surface area contributed by atoms with Gasteiger partial charge in [0.05, 0.1) is 11.4 Å². The lowest BCUT2D eigenvalue weighted by Crippen LogP contribution is -2.27. The van der Waals surface area contributed by atoms with Crippen molar-refractivity contribution < 1.29 is 0 Å². The second-order valence-electron chi connectivity index (χ2n) is 7.31. The summed E-state index contributed by atoms with van der Waals surface area (Å²) >= 11 is 0. The number of rotatable bonds is 6. The average Bonchev–Trinajstić information content (AvgIpc) is 3.53. The van der Waals surface area contributed by atoms with E-state index >= 15 is 0 Å². The topological polar surface area (TPSA) is 27.6 Å². The van der Waals surface area contributed by atoms with Gasteiger partial charge in [0.1, 0.15) is 0 Å². The molecule has 1 aliphatic rings. The number of hydrogen-bond donors (Lipinski definition) is 1. The number of benzene rings is 3. The molecule has 3 aromatic carbocycles. The normalized spacial score (nSPS) is 14.6. The van der Waals surface area contributed by atoms with Crippen LogP contribution in [-0.4, -0.2) is 24.7 Å². The van der Waals surface area contributed by atoms with Crippen LogP contribution in [0.4, 0.5) is 5.69 Å². The van der Waals surface area contributed by atoms with Gasteiger partial charge in [-0.05, 0) is 44.6 Å². The highest BCUT2D eigenvalue weighted by Crippen LogP contribution is 2.49. The van der Waals surface area contributed by atoms with Crippen LogP contribution >= 0.6 is 0 Å². The first-order valence-corrected chi connectivity index (χ1v) is 9.42. The molecule has 1 N–H and O–H groups in total. The quantitative estimate of drug-likeness (QED) is 0.492. The molecule has 3 heteroatoms. The summed E-state index contributed by atoms with van der Waals surface area (Å²) < 4.78 is 0. The molecule has 0 spiro atoms. The summed E-state index contributed by atoms with van der Waals surface area (Å²) in [4.78, 5) is 2.33.